The van der Waals surface area contributed by atoms with Gasteiger partial charge in [0.1, 0.15) is 0 Å². The predicted octanol–water partition coefficient (Wildman–Crippen LogP) is 2.33. The van der Waals surface area contributed by atoms with Crippen molar-refractivity contribution in [2.75, 3.05) is 19.6 Å². The van der Waals surface area contributed by atoms with Crippen LogP contribution in [0.3, 0.4) is 0 Å². The zero-order valence-electron chi connectivity index (χ0n) is 11.7. The van der Waals surface area contributed by atoms with Gasteiger partial charge in [0.2, 0.25) is 5.91 Å². The number of piperidine rings is 1. The van der Waals surface area contributed by atoms with Crippen molar-refractivity contribution in [3.8, 4) is 0 Å². The lowest BCUT2D eigenvalue weighted by atomic mass is 9.88. The van der Waals surface area contributed by atoms with Crippen molar-refractivity contribution in [2.24, 2.45) is 5.92 Å². The number of carbonyl (C=O) groups is 1. The molecule has 102 valence electrons. The van der Waals surface area contributed by atoms with Gasteiger partial charge in [-0.05, 0) is 51.5 Å². The molecule has 0 saturated carbocycles. The molecule has 0 aromatic heterocycles. The molecule has 0 spiro atoms. The van der Waals surface area contributed by atoms with Crippen LogP contribution in [0, 0.1) is 5.92 Å². The van der Waals surface area contributed by atoms with Gasteiger partial charge in [0.05, 0.1) is 0 Å². The molecule has 18 heavy (non-hydrogen) atoms. The third-order valence-electron chi connectivity index (χ3n) is 4.34. The van der Waals surface area contributed by atoms with Crippen molar-refractivity contribution >= 4 is 5.91 Å². The number of likely N-dealkylation sites (tertiary alicyclic amines) is 1. The Labute approximate surface area is 111 Å². The first-order chi connectivity index (χ1) is 8.72. The van der Waals surface area contributed by atoms with Crippen LogP contribution < -0.4 is 5.32 Å². The van der Waals surface area contributed by atoms with Gasteiger partial charge in [-0.25, -0.2) is 0 Å². The van der Waals surface area contributed by atoms with Crippen LogP contribution in [0.4, 0.5) is 0 Å². The van der Waals surface area contributed by atoms with Crippen molar-refractivity contribution in [1.29, 1.82) is 0 Å². The maximum atomic E-state index is 12.2. The van der Waals surface area contributed by atoms with E-state index < -0.39 is 0 Å². The van der Waals surface area contributed by atoms with Crippen LogP contribution in [0.5, 0.6) is 0 Å². The highest BCUT2D eigenvalue weighted by Crippen LogP contribution is 2.26. The number of hydrogen-bond acceptors (Lipinski definition) is 2. The highest BCUT2D eigenvalue weighted by atomic mass is 16.2. The standard InChI is InChI=1S/C15H26N2O/c1-3-5-12(2)15(18)17-10-7-13(8-11-17)14-6-4-9-16-14/h5,13-14,16H,3-4,6-11H2,1-2H3/b12-5-. The van der Waals surface area contributed by atoms with E-state index in [9.17, 15) is 4.79 Å². The summed E-state index contributed by atoms with van der Waals surface area (Å²) in [6, 6.07) is 0.717. The van der Waals surface area contributed by atoms with E-state index in [-0.39, 0.29) is 5.91 Å². The van der Waals surface area contributed by atoms with Crippen molar-refractivity contribution < 1.29 is 4.79 Å². The average molecular weight is 250 g/mol. The Balaban J connectivity index is 1.82. The molecule has 3 heteroatoms. The summed E-state index contributed by atoms with van der Waals surface area (Å²) in [6.07, 6.45) is 7.97. The second kappa shape index (κ2) is 6.37. The molecule has 2 fully saturated rings. The minimum atomic E-state index is 0.245. The minimum absolute atomic E-state index is 0.245. The average Bonchev–Trinajstić information content (AvgIpc) is 2.92. The van der Waals surface area contributed by atoms with E-state index in [4.69, 9.17) is 0 Å². The maximum absolute atomic E-state index is 12.2. The summed E-state index contributed by atoms with van der Waals surface area (Å²) in [5, 5.41) is 3.60. The summed E-state index contributed by atoms with van der Waals surface area (Å²) in [7, 11) is 0. The Bertz CT molecular complexity index is 310. The van der Waals surface area contributed by atoms with Crippen LogP contribution in [0.15, 0.2) is 11.6 Å². The van der Waals surface area contributed by atoms with Gasteiger partial charge in [-0.15, -0.1) is 0 Å². The van der Waals surface area contributed by atoms with E-state index in [0.29, 0.717) is 0 Å². The van der Waals surface area contributed by atoms with Crippen molar-refractivity contribution in [3.63, 3.8) is 0 Å². The van der Waals surface area contributed by atoms with Crippen LogP contribution >= 0.6 is 0 Å². The van der Waals surface area contributed by atoms with Gasteiger partial charge in [0.15, 0.2) is 0 Å². The van der Waals surface area contributed by atoms with Crippen LogP contribution in [0.1, 0.15) is 46.0 Å². The molecule has 3 nitrogen and oxygen atoms in total. The first-order valence-electron chi connectivity index (χ1n) is 7.41. The van der Waals surface area contributed by atoms with Crippen LogP contribution in [-0.2, 0) is 4.79 Å². The molecule has 2 saturated heterocycles. The number of nitrogens with zero attached hydrogens (tertiary/aromatic N) is 1. The summed E-state index contributed by atoms with van der Waals surface area (Å²) in [6.45, 7) is 7.08. The van der Waals surface area contributed by atoms with E-state index in [1.807, 2.05) is 17.9 Å². The lowest BCUT2D eigenvalue weighted by Crippen LogP contribution is -2.43. The van der Waals surface area contributed by atoms with Gasteiger partial charge in [-0.2, -0.15) is 0 Å². The molecule has 2 heterocycles. The van der Waals surface area contributed by atoms with E-state index in [1.54, 1.807) is 0 Å². The van der Waals surface area contributed by atoms with Gasteiger partial charge in [0, 0.05) is 24.7 Å². The monoisotopic (exact) mass is 250 g/mol. The summed E-state index contributed by atoms with van der Waals surface area (Å²) in [5.74, 6) is 1.03. The first kappa shape index (κ1) is 13.6. The quantitative estimate of drug-likeness (QED) is 0.780. The van der Waals surface area contributed by atoms with Gasteiger partial charge >= 0.3 is 0 Å². The summed E-state index contributed by atoms with van der Waals surface area (Å²) >= 11 is 0. The number of amides is 1. The van der Waals surface area contributed by atoms with Crippen LogP contribution in [0.25, 0.3) is 0 Å². The topological polar surface area (TPSA) is 32.3 Å². The zero-order valence-corrected chi connectivity index (χ0v) is 11.7. The fourth-order valence-electron chi connectivity index (χ4n) is 3.26. The zero-order chi connectivity index (χ0) is 13.0. The Kier molecular flexibility index (Phi) is 4.81. The normalized spacial score (nSPS) is 26.7. The Morgan fingerprint density at radius 3 is 2.61 bits per heavy atom. The molecular formula is C15H26N2O. The molecular weight excluding hydrogens is 224 g/mol. The Morgan fingerprint density at radius 2 is 2.06 bits per heavy atom. The van der Waals surface area contributed by atoms with Gasteiger partial charge in [-0.1, -0.05) is 13.0 Å². The van der Waals surface area contributed by atoms with E-state index in [2.05, 4.69) is 12.2 Å². The smallest absolute Gasteiger partial charge is 0.249 e. The molecule has 1 unspecified atom stereocenters. The van der Waals surface area contributed by atoms with Gasteiger partial charge < -0.3 is 10.2 Å². The lowest BCUT2D eigenvalue weighted by Gasteiger charge is -2.35. The SMILES string of the molecule is CC/C=C(/C)C(=O)N1CCC(C2CCCN2)CC1. The molecule has 2 rings (SSSR count). The third-order valence-corrected chi connectivity index (χ3v) is 4.34. The van der Waals surface area contributed by atoms with Crippen molar-refractivity contribution in [2.45, 2.75) is 52.0 Å². The summed E-state index contributed by atoms with van der Waals surface area (Å²) in [4.78, 5) is 14.2. The lowest BCUT2D eigenvalue weighted by molar-refractivity contribution is -0.128. The number of hydrogen-bond donors (Lipinski definition) is 1. The van der Waals surface area contributed by atoms with Crippen molar-refractivity contribution in [1.82, 2.24) is 10.2 Å². The predicted molar refractivity (Wildman–Crippen MR) is 74.4 cm³/mol. The second-order valence-corrected chi connectivity index (χ2v) is 5.63. The molecule has 0 radical (unpaired) electrons. The number of nitrogens with one attached hydrogen (secondary N) is 1. The molecule has 1 atom stereocenters. The van der Waals surface area contributed by atoms with E-state index in [1.165, 1.54) is 32.2 Å². The first-order valence-corrected chi connectivity index (χ1v) is 7.41. The minimum Gasteiger partial charge on any atom is -0.339 e. The molecule has 0 aromatic carbocycles. The van der Waals surface area contributed by atoms with E-state index in [0.717, 1.165) is 37.0 Å². The molecule has 1 amide bonds. The maximum Gasteiger partial charge on any atom is 0.249 e. The number of allylic oxidation sites excluding steroid dienone is 1. The molecule has 0 aromatic rings. The second-order valence-electron chi connectivity index (χ2n) is 5.63. The fourth-order valence-corrected chi connectivity index (χ4v) is 3.26. The highest BCUT2D eigenvalue weighted by Gasteiger charge is 2.29. The molecule has 2 aliphatic heterocycles. The summed E-state index contributed by atoms with van der Waals surface area (Å²) < 4.78 is 0. The largest absolute Gasteiger partial charge is 0.339 e. The van der Waals surface area contributed by atoms with Crippen molar-refractivity contribution in [3.05, 3.63) is 11.6 Å². The fraction of sp³-hybridized carbons (Fsp3) is 0.800. The van der Waals surface area contributed by atoms with Gasteiger partial charge in [0.25, 0.3) is 0 Å². The third kappa shape index (κ3) is 3.14. The molecule has 2 aliphatic rings. The molecule has 1 N–H and O–H groups in total. The molecule has 0 bridgehead atoms. The number of carbonyl (C=O) groups excluding carboxylic acids is 1. The Morgan fingerprint density at radius 1 is 1.33 bits per heavy atom. The van der Waals surface area contributed by atoms with E-state index >= 15 is 0 Å². The Hall–Kier alpha value is -0.830. The van der Waals surface area contributed by atoms with Crippen LogP contribution in [0.2, 0.25) is 0 Å². The summed E-state index contributed by atoms with van der Waals surface area (Å²) in [5.41, 5.74) is 0.912. The molecule has 0 aliphatic carbocycles. The number of rotatable bonds is 3. The van der Waals surface area contributed by atoms with Gasteiger partial charge in [-0.3, -0.25) is 4.79 Å². The van der Waals surface area contributed by atoms with Crippen LogP contribution in [-0.4, -0.2) is 36.5 Å². The highest BCUT2D eigenvalue weighted by molar-refractivity contribution is 5.92.